The zero-order chi connectivity index (χ0) is 15.9. The first kappa shape index (κ1) is 16.0. The predicted octanol–water partition coefficient (Wildman–Crippen LogP) is 3.81. The van der Waals surface area contributed by atoms with Gasteiger partial charge in [-0.3, -0.25) is 4.98 Å². The molecule has 4 heteroatoms. The highest BCUT2D eigenvalue weighted by Gasteiger charge is 2.07. The maximum atomic E-state index is 11.1. The number of nitrogens with zero attached hydrogens (tertiary/aromatic N) is 1. The Hall–Kier alpha value is -2.36. The highest BCUT2D eigenvalue weighted by molar-refractivity contribution is 5.71. The summed E-state index contributed by atoms with van der Waals surface area (Å²) in [5.41, 5.74) is 3.13. The molecule has 1 aromatic heterocycles. The molecule has 0 saturated heterocycles. The molecule has 0 amide bonds. The van der Waals surface area contributed by atoms with Crippen molar-refractivity contribution >= 4 is 5.97 Å². The molecule has 2 rings (SSSR count). The van der Waals surface area contributed by atoms with Gasteiger partial charge in [0.25, 0.3) is 0 Å². The van der Waals surface area contributed by atoms with Gasteiger partial charge in [-0.2, -0.15) is 0 Å². The summed E-state index contributed by atoms with van der Waals surface area (Å²) in [6.45, 7) is 4.23. The number of esters is 1. The average molecular weight is 299 g/mol. The van der Waals surface area contributed by atoms with Crippen LogP contribution < -0.4 is 4.74 Å². The normalized spacial score (nSPS) is 11.8. The van der Waals surface area contributed by atoms with Gasteiger partial charge in [-0.1, -0.05) is 32.0 Å². The summed E-state index contributed by atoms with van der Waals surface area (Å²) in [7, 11) is 1.34. The van der Waals surface area contributed by atoms with Crippen LogP contribution in [-0.4, -0.2) is 24.7 Å². The topological polar surface area (TPSA) is 48.4 Å². The summed E-state index contributed by atoms with van der Waals surface area (Å²) in [6, 6.07) is 11.7. The summed E-state index contributed by atoms with van der Waals surface area (Å²) in [5, 5.41) is 0. The second-order valence-electron chi connectivity index (χ2n) is 5.17. The highest BCUT2D eigenvalue weighted by Crippen LogP contribution is 2.25. The van der Waals surface area contributed by atoms with Crippen molar-refractivity contribution in [2.24, 2.45) is 0 Å². The van der Waals surface area contributed by atoms with E-state index in [1.165, 1.54) is 7.11 Å². The standard InChI is InChI=1S/C18H21NO3/c1-4-13(2)17-9-8-15(11-19-17)14-6-5-7-16(10-14)22-12-18(20)21-3/h5-11,13H,4,12H2,1-3H3. The maximum absolute atomic E-state index is 11.1. The molecule has 0 bridgehead atoms. The number of rotatable bonds is 6. The van der Waals surface area contributed by atoms with Gasteiger partial charge in [-0.05, 0) is 36.1 Å². The quantitative estimate of drug-likeness (QED) is 0.761. The van der Waals surface area contributed by atoms with Gasteiger partial charge >= 0.3 is 5.97 Å². The molecule has 1 unspecified atom stereocenters. The number of methoxy groups -OCH3 is 1. The number of hydrogen-bond donors (Lipinski definition) is 0. The van der Waals surface area contributed by atoms with Crippen LogP contribution in [0.5, 0.6) is 5.75 Å². The van der Waals surface area contributed by atoms with Crippen molar-refractivity contribution in [2.75, 3.05) is 13.7 Å². The Morgan fingerprint density at radius 2 is 2.05 bits per heavy atom. The van der Waals surface area contributed by atoms with Crippen molar-refractivity contribution in [3.63, 3.8) is 0 Å². The van der Waals surface area contributed by atoms with Crippen LogP contribution >= 0.6 is 0 Å². The molecule has 1 atom stereocenters. The van der Waals surface area contributed by atoms with Gasteiger partial charge in [-0.15, -0.1) is 0 Å². The van der Waals surface area contributed by atoms with Crippen LogP contribution in [0.1, 0.15) is 31.9 Å². The first-order chi connectivity index (χ1) is 10.6. The predicted molar refractivity (Wildman–Crippen MR) is 85.9 cm³/mol. The fraction of sp³-hybridized carbons (Fsp3) is 0.333. The molecule has 0 aliphatic rings. The lowest BCUT2D eigenvalue weighted by Gasteiger charge is -2.10. The Morgan fingerprint density at radius 3 is 2.68 bits per heavy atom. The third-order valence-corrected chi connectivity index (χ3v) is 3.66. The molecule has 0 aliphatic carbocycles. The van der Waals surface area contributed by atoms with Gasteiger partial charge in [-0.25, -0.2) is 4.79 Å². The summed E-state index contributed by atoms with van der Waals surface area (Å²) in [4.78, 5) is 15.6. The van der Waals surface area contributed by atoms with E-state index in [-0.39, 0.29) is 6.61 Å². The van der Waals surface area contributed by atoms with Crippen LogP contribution in [-0.2, 0) is 9.53 Å². The Morgan fingerprint density at radius 1 is 1.23 bits per heavy atom. The SMILES string of the molecule is CCC(C)c1ccc(-c2cccc(OCC(=O)OC)c2)cn1. The number of aromatic nitrogens is 1. The van der Waals surface area contributed by atoms with E-state index in [9.17, 15) is 4.79 Å². The van der Waals surface area contributed by atoms with Gasteiger partial charge in [0, 0.05) is 17.5 Å². The van der Waals surface area contributed by atoms with Crippen molar-refractivity contribution in [2.45, 2.75) is 26.2 Å². The zero-order valence-electron chi connectivity index (χ0n) is 13.2. The zero-order valence-corrected chi connectivity index (χ0v) is 13.2. The summed E-state index contributed by atoms with van der Waals surface area (Å²) in [6.07, 6.45) is 2.95. The molecule has 0 aliphatic heterocycles. The van der Waals surface area contributed by atoms with Gasteiger partial charge in [0.1, 0.15) is 5.75 Å². The van der Waals surface area contributed by atoms with Crippen molar-refractivity contribution < 1.29 is 14.3 Å². The molecule has 1 heterocycles. The molecular formula is C18H21NO3. The second kappa shape index (κ2) is 7.59. The molecule has 0 N–H and O–H groups in total. The van der Waals surface area contributed by atoms with Crippen molar-refractivity contribution in [1.82, 2.24) is 4.98 Å². The van der Waals surface area contributed by atoms with Crippen molar-refractivity contribution in [3.8, 4) is 16.9 Å². The second-order valence-corrected chi connectivity index (χ2v) is 5.17. The largest absolute Gasteiger partial charge is 0.482 e. The van der Waals surface area contributed by atoms with E-state index in [1.807, 2.05) is 30.5 Å². The lowest BCUT2D eigenvalue weighted by atomic mass is 10.0. The molecule has 0 spiro atoms. The Bertz CT molecular complexity index is 622. The Labute approximate surface area is 131 Å². The molecule has 22 heavy (non-hydrogen) atoms. The molecule has 2 aromatic rings. The number of carbonyl (C=O) groups is 1. The molecule has 1 aromatic carbocycles. The monoisotopic (exact) mass is 299 g/mol. The number of ether oxygens (including phenoxy) is 2. The van der Waals surface area contributed by atoms with Crippen LogP contribution in [0.2, 0.25) is 0 Å². The van der Waals surface area contributed by atoms with Gasteiger partial charge in [0.15, 0.2) is 6.61 Å². The van der Waals surface area contributed by atoms with E-state index in [4.69, 9.17) is 4.74 Å². The molecule has 0 radical (unpaired) electrons. The van der Waals surface area contributed by atoms with E-state index < -0.39 is 5.97 Å². The minimum Gasteiger partial charge on any atom is -0.482 e. The Kier molecular flexibility index (Phi) is 5.53. The molecule has 0 saturated carbocycles. The first-order valence-electron chi connectivity index (χ1n) is 7.40. The van der Waals surface area contributed by atoms with E-state index in [0.29, 0.717) is 11.7 Å². The maximum Gasteiger partial charge on any atom is 0.343 e. The minimum absolute atomic E-state index is 0.0921. The summed E-state index contributed by atoms with van der Waals surface area (Å²) in [5.74, 6) is 0.697. The minimum atomic E-state index is -0.398. The van der Waals surface area contributed by atoms with Crippen LogP contribution in [0.25, 0.3) is 11.1 Å². The summed E-state index contributed by atoms with van der Waals surface area (Å²) >= 11 is 0. The van der Waals surface area contributed by atoms with E-state index in [2.05, 4.69) is 35.7 Å². The van der Waals surface area contributed by atoms with E-state index >= 15 is 0 Å². The number of pyridine rings is 1. The molecule has 0 fully saturated rings. The third kappa shape index (κ3) is 4.07. The fourth-order valence-electron chi connectivity index (χ4n) is 2.04. The van der Waals surface area contributed by atoms with E-state index in [1.54, 1.807) is 0 Å². The van der Waals surface area contributed by atoms with Gasteiger partial charge in [0.05, 0.1) is 7.11 Å². The lowest BCUT2D eigenvalue weighted by molar-refractivity contribution is -0.142. The fourth-order valence-corrected chi connectivity index (χ4v) is 2.04. The van der Waals surface area contributed by atoms with Crippen LogP contribution in [0.3, 0.4) is 0 Å². The number of benzene rings is 1. The average Bonchev–Trinajstić information content (AvgIpc) is 2.59. The van der Waals surface area contributed by atoms with Gasteiger partial charge < -0.3 is 9.47 Å². The number of carbonyl (C=O) groups excluding carboxylic acids is 1. The number of hydrogen-bond acceptors (Lipinski definition) is 4. The van der Waals surface area contributed by atoms with Crippen LogP contribution in [0, 0.1) is 0 Å². The van der Waals surface area contributed by atoms with E-state index in [0.717, 1.165) is 23.2 Å². The van der Waals surface area contributed by atoms with Crippen LogP contribution in [0.15, 0.2) is 42.6 Å². The Balaban J connectivity index is 2.13. The third-order valence-electron chi connectivity index (χ3n) is 3.66. The summed E-state index contributed by atoms with van der Waals surface area (Å²) < 4.78 is 9.96. The van der Waals surface area contributed by atoms with Crippen molar-refractivity contribution in [1.29, 1.82) is 0 Å². The highest BCUT2D eigenvalue weighted by atomic mass is 16.6. The molecule has 116 valence electrons. The molecular weight excluding hydrogens is 278 g/mol. The molecule has 4 nitrogen and oxygen atoms in total. The van der Waals surface area contributed by atoms with Gasteiger partial charge in [0.2, 0.25) is 0 Å². The smallest absolute Gasteiger partial charge is 0.343 e. The first-order valence-corrected chi connectivity index (χ1v) is 7.40. The van der Waals surface area contributed by atoms with Crippen molar-refractivity contribution in [3.05, 3.63) is 48.3 Å². The lowest BCUT2D eigenvalue weighted by Crippen LogP contribution is -2.12. The van der Waals surface area contributed by atoms with Crippen LogP contribution in [0.4, 0.5) is 0 Å².